The molecule has 0 fully saturated rings. The van der Waals surface area contributed by atoms with Crippen LogP contribution in [0.25, 0.3) is 10.9 Å². The molecule has 1 heterocycles. The molecule has 100 valence electrons. The zero-order chi connectivity index (χ0) is 13.8. The van der Waals surface area contributed by atoms with Crippen LogP contribution in [0.3, 0.4) is 0 Å². The number of aromatic nitrogens is 1. The number of nitrogens with two attached hydrogens (primary N) is 1. The predicted molar refractivity (Wildman–Crippen MR) is 75.2 cm³/mol. The lowest BCUT2D eigenvalue weighted by molar-refractivity contribution is 0.0952. The third-order valence-electron chi connectivity index (χ3n) is 3.04. The van der Waals surface area contributed by atoms with Crippen molar-refractivity contribution in [1.82, 2.24) is 10.3 Å². The molecule has 0 spiro atoms. The van der Waals surface area contributed by atoms with Crippen molar-refractivity contribution in [2.45, 2.75) is 19.4 Å². The molecule has 19 heavy (non-hydrogen) atoms. The van der Waals surface area contributed by atoms with Gasteiger partial charge in [-0.2, -0.15) is 0 Å². The molecule has 0 bridgehead atoms. The van der Waals surface area contributed by atoms with E-state index in [9.17, 15) is 9.59 Å². The van der Waals surface area contributed by atoms with Gasteiger partial charge in [0.1, 0.15) is 0 Å². The highest BCUT2D eigenvalue weighted by molar-refractivity contribution is 6.05. The van der Waals surface area contributed by atoms with E-state index in [0.717, 1.165) is 11.8 Å². The number of benzene rings is 1. The minimum Gasteiger partial charge on any atom is -0.350 e. The van der Waals surface area contributed by atoms with Gasteiger partial charge >= 0.3 is 0 Å². The fourth-order valence-electron chi connectivity index (χ4n) is 1.86. The summed E-state index contributed by atoms with van der Waals surface area (Å²) in [5.41, 5.74) is 6.50. The van der Waals surface area contributed by atoms with E-state index in [-0.39, 0.29) is 17.5 Å². The van der Waals surface area contributed by atoms with Crippen molar-refractivity contribution in [3.8, 4) is 0 Å². The van der Waals surface area contributed by atoms with E-state index in [0.29, 0.717) is 17.6 Å². The molecular weight excluding hydrogens is 242 g/mol. The smallest absolute Gasteiger partial charge is 0.252 e. The van der Waals surface area contributed by atoms with Crippen LogP contribution in [0.5, 0.6) is 0 Å². The van der Waals surface area contributed by atoms with E-state index < -0.39 is 0 Å². The standard InChI is InChI=1S/C14H17N3O2/c1-2-9(15)8-16-14(19)11-7-13(18)17-12-6-4-3-5-10(11)12/h3-7,9H,2,8,15H2,1H3,(H,16,19)(H,17,18). The summed E-state index contributed by atoms with van der Waals surface area (Å²) < 4.78 is 0. The number of hydrogen-bond donors (Lipinski definition) is 3. The monoisotopic (exact) mass is 259 g/mol. The molecule has 2 rings (SSSR count). The van der Waals surface area contributed by atoms with Gasteiger partial charge in [-0.15, -0.1) is 0 Å². The molecule has 5 nitrogen and oxygen atoms in total. The van der Waals surface area contributed by atoms with Crippen LogP contribution < -0.4 is 16.6 Å². The van der Waals surface area contributed by atoms with Crippen molar-refractivity contribution in [2.75, 3.05) is 6.54 Å². The van der Waals surface area contributed by atoms with Crippen molar-refractivity contribution >= 4 is 16.8 Å². The molecule has 4 N–H and O–H groups in total. The number of pyridine rings is 1. The Balaban J connectivity index is 2.33. The normalized spacial score (nSPS) is 12.3. The second-order valence-corrected chi connectivity index (χ2v) is 4.47. The Kier molecular flexibility index (Phi) is 3.97. The van der Waals surface area contributed by atoms with Crippen LogP contribution in [-0.2, 0) is 0 Å². The molecule has 1 amide bonds. The number of aromatic amines is 1. The average Bonchev–Trinajstić information content (AvgIpc) is 2.43. The van der Waals surface area contributed by atoms with Gasteiger partial charge < -0.3 is 16.0 Å². The molecule has 5 heteroatoms. The maximum Gasteiger partial charge on any atom is 0.252 e. The molecule has 0 saturated heterocycles. The summed E-state index contributed by atoms with van der Waals surface area (Å²) >= 11 is 0. The van der Waals surface area contributed by atoms with Crippen LogP contribution in [0.4, 0.5) is 0 Å². The number of carbonyl (C=O) groups is 1. The van der Waals surface area contributed by atoms with Crippen molar-refractivity contribution in [2.24, 2.45) is 5.73 Å². The predicted octanol–water partition coefficient (Wildman–Crippen LogP) is 0.995. The summed E-state index contributed by atoms with van der Waals surface area (Å²) in [6.45, 7) is 2.36. The Labute approximate surface area is 110 Å². The van der Waals surface area contributed by atoms with E-state index >= 15 is 0 Å². The van der Waals surface area contributed by atoms with E-state index in [1.54, 1.807) is 12.1 Å². The van der Waals surface area contributed by atoms with Crippen LogP contribution in [0.1, 0.15) is 23.7 Å². The Bertz CT molecular complexity index is 648. The maximum absolute atomic E-state index is 12.1. The van der Waals surface area contributed by atoms with Crippen LogP contribution >= 0.6 is 0 Å². The Morgan fingerprint density at radius 2 is 2.16 bits per heavy atom. The van der Waals surface area contributed by atoms with Crippen LogP contribution in [0.15, 0.2) is 35.1 Å². The Hall–Kier alpha value is -2.14. The number of rotatable bonds is 4. The molecule has 1 atom stereocenters. The second-order valence-electron chi connectivity index (χ2n) is 4.47. The third kappa shape index (κ3) is 3.00. The van der Waals surface area contributed by atoms with E-state index in [1.165, 1.54) is 6.07 Å². The van der Waals surface area contributed by atoms with Gasteiger partial charge in [0.2, 0.25) is 5.56 Å². The molecule has 1 aromatic heterocycles. The number of para-hydroxylation sites is 1. The van der Waals surface area contributed by atoms with Gasteiger partial charge in [-0.3, -0.25) is 9.59 Å². The first-order valence-electron chi connectivity index (χ1n) is 6.27. The lowest BCUT2D eigenvalue weighted by atomic mass is 10.1. The number of nitrogens with one attached hydrogen (secondary N) is 2. The van der Waals surface area contributed by atoms with Crippen molar-refractivity contribution < 1.29 is 4.79 Å². The highest BCUT2D eigenvalue weighted by atomic mass is 16.2. The fraction of sp³-hybridized carbons (Fsp3) is 0.286. The Morgan fingerprint density at radius 3 is 2.89 bits per heavy atom. The van der Waals surface area contributed by atoms with Gasteiger partial charge in [0.05, 0.1) is 5.56 Å². The van der Waals surface area contributed by atoms with Crippen LogP contribution in [0, 0.1) is 0 Å². The molecule has 0 aliphatic heterocycles. The first-order chi connectivity index (χ1) is 9.11. The second kappa shape index (κ2) is 5.67. The van der Waals surface area contributed by atoms with Gasteiger partial charge in [-0.25, -0.2) is 0 Å². The third-order valence-corrected chi connectivity index (χ3v) is 3.04. The van der Waals surface area contributed by atoms with Crippen LogP contribution in [-0.4, -0.2) is 23.5 Å². The molecule has 1 aromatic carbocycles. The molecular formula is C14H17N3O2. The van der Waals surface area contributed by atoms with E-state index in [2.05, 4.69) is 10.3 Å². The number of amides is 1. The highest BCUT2D eigenvalue weighted by Crippen LogP contribution is 2.14. The molecule has 0 radical (unpaired) electrons. The first kappa shape index (κ1) is 13.3. The quantitative estimate of drug-likeness (QED) is 0.765. The number of fused-ring (bicyclic) bond motifs is 1. The van der Waals surface area contributed by atoms with Crippen molar-refractivity contribution in [1.29, 1.82) is 0 Å². The van der Waals surface area contributed by atoms with Gasteiger partial charge in [-0.1, -0.05) is 25.1 Å². The largest absolute Gasteiger partial charge is 0.350 e. The SMILES string of the molecule is CCC(N)CNC(=O)c1cc(=O)[nH]c2ccccc12. The fourth-order valence-corrected chi connectivity index (χ4v) is 1.86. The van der Waals surface area contributed by atoms with E-state index in [4.69, 9.17) is 5.73 Å². The minimum atomic E-state index is -0.288. The van der Waals surface area contributed by atoms with Crippen molar-refractivity contribution in [3.05, 3.63) is 46.2 Å². The summed E-state index contributed by atoms with van der Waals surface area (Å²) in [6.07, 6.45) is 0.788. The van der Waals surface area contributed by atoms with Crippen molar-refractivity contribution in [3.63, 3.8) is 0 Å². The topological polar surface area (TPSA) is 88.0 Å². The summed E-state index contributed by atoms with van der Waals surface area (Å²) in [4.78, 5) is 26.4. The summed E-state index contributed by atoms with van der Waals surface area (Å²) in [6, 6.07) is 8.46. The summed E-state index contributed by atoms with van der Waals surface area (Å²) in [7, 11) is 0. The summed E-state index contributed by atoms with van der Waals surface area (Å²) in [5, 5.41) is 3.48. The maximum atomic E-state index is 12.1. The Morgan fingerprint density at radius 1 is 1.42 bits per heavy atom. The first-order valence-corrected chi connectivity index (χ1v) is 6.27. The van der Waals surface area contributed by atoms with E-state index in [1.807, 2.05) is 19.1 Å². The zero-order valence-electron chi connectivity index (χ0n) is 10.8. The minimum absolute atomic E-state index is 0.0720. The summed E-state index contributed by atoms with van der Waals surface area (Å²) in [5.74, 6) is -0.272. The lowest BCUT2D eigenvalue weighted by Gasteiger charge is -2.11. The van der Waals surface area contributed by atoms with Gasteiger partial charge in [0.15, 0.2) is 0 Å². The number of carbonyl (C=O) groups excluding carboxylic acids is 1. The van der Waals surface area contributed by atoms with Gasteiger partial charge in [0.25, 0.3) is 5.91 Å². The molecule has 2 aromatic rings. The van der Waals surface area contributed by atoms with Gasteiger partial charge in [-0.05, 0) is 12.5 Å². The van der Waals surface area contributed by atoms with Crippen LogP contribution in [0.2, 0.25) is 0 Å². The average molecular weight is 259 g/mol. The molecule has 0 aliphatic carbocycles. The number of H-pyrrole nitrogens is 1. The van der Waals surface area contributed by atoms with Gasteiger partial charge in [0, 0.05) is 29.6 Å². The molecule has 1 unspecified atom stereocenters. The zero-order valence-corrected chi connectivity index (χ0v) is 10.8. The molecule has 0 aliphatic rings. The molecule has 0 saturated carbocycles. The highest BCUT2D eigenvalue weighted by Gasteiger charge is 2.12. The lowest BCUT2D eigenvalue weighted by Crippen LogP contribution is -2.37. The number of hydrogen-bond acceptors (Lipinski definition) is 3.